The molecule has 2 aliphatic carbocycles. The Morgan fingerprint density at radius 3 is 2.54 bits per heavy atom. The van der Waals surface area contributed by atoms with Gasteiger partial charge in [-0.15, -0.1) is 0 Å². The molecule has 2 spiro atoms. The maximum Gasteiger partial charge on any atom is 0.339 e. The van der Waals surface area contributed by atoms with Crippen molar-refractivity contribution in [3.63, 3.8) is 0 Å². The summed E-state index contributed by atoms with van der Waals surface area (Å²) in [5, 5.41) is 11.8. The van der Waals surface area contributed by atoms with E-state index in [2.05, 4.69) is 0 Å². The second kappa shape index (κ2) is 6.18. The van der Waals surface area contributed by atoms with Crippen LogP contribution in [0.2, 0.25) is 0 Å². The second-order valence-corrected chi connectivity index (χ2v) is 12.3. The molecule has 9 nitrogen and oxygen atoms in total. The number of ketones is 1. The average molecular weight is 487 g/mol. The van der Waals surface area contributed by atoms with E-state index in [1.54, 1.807) is 12.1 Å². The van der Waals surface area contributed by atoms with Gasteiger partial charge in [0.1, 0.15) is 24.1 Å². The highest BCUT2D eigenvalue weighted by Crippen LogP contribution is 2.80. The van der Waals surface area contributed by atoms with E-state index in [-0.39, 0.29) is 30.7 Å². The molecule has 188 valence electrons. The van der Waals surface area contributed by atoms with Crippen molar-refractivity contribution in [3.05, 3.63) is 24.2 Å². The van der Waals surface area contributed by atoms with Gasteiger partial charge in [-0.1, -0.05) is 13.8 Å². The van der Waals surface area contributed by atoms with E-state index in [0.717, 1.165) is 0 Å². The molecule has 0 bridgehead atoms. The smallest absolute Gasteiger partial charge is 0.339 e. The zero-order valence-corrected chi connectivity index (χ0v) is 20.2. The molecule has 9 heteroatoms. The van der Waals surface area contributed by atoms with Crippen molar-refractivity contribution in [2.24, 2.45) is 28.1 Å². The number of hydrogen-bond acceptors (Lipinski definition) is 9. The number of cyclic esters (lactones) is 2. The van der Waals surface area contributed by atoms with Crippen LogP contribution in [0.1, 0.15) is 58.8 Å². The molecular weight excluding hydrogens is 456 g/mol. The number of hydrogen-bond donors (Lipinski definition) is 1. The molecule has 35 heavy (non-hydrogen) atoms. The first-order chi connectivity index (χ1) is 16.4. The van der Waals surface area contributed by atoms with Gasteiger partial charge in [-0.05, 0) is 44.7 Å². The van der Waals surface area contributed by atoms with Crippen molar-refractivity contribution < 1.29 is 42.9 Å². The molecule has 1 aromatic heterocycles. The number of fused-ring (bicyclic) bond motifs is 1. The number of carbonyl (C=O) groups is 3. The summed E-state index contributed by atoms with van der Waals surface area (Å²) in [5.41, 5.74) is -4.69. The molecule has 6 fully saturated rings. The Bertz CT molecular complexity index is 1160. The molecule has 7 rings (SSSR count). The predicted molar refractivity (Wildman–Crippen MR) is 116 cm³/mol. The fourth-order valence-corrected chi connectivity index (χ4v) is 9.47. The largest absolute Gasteiger partial charge is 0.465 e. The minimum absolute atomic E-state index is 0.0484. The van der Waals surface area contributed by atoms with Crippen LogP contribution in [0.25, 0.3) is 0 Å². The van der Waals surface area contributed by atoms with Gasteiger partial charge in [-0.2, -0.15) is 0 Å². The lowest BCUT2D eigenvalue weighted by molar-refractivity contribution is -0.253. The van der Waals surface area contributed by atoms with Gasteiger partial charge in [0, 0.05) is 16.2 Å². The number of furan rings is 1. The van der Waals surface area contributed by atoms with Gasteiger partial charge in [0.2, 0.25) is 0 Å². The quantitative estimate of drug-likeness (QED) is 0.469. The minimum Gasteiger partial charge on any atom is -0.465 e. The highest BCUT2D eigenvalue weighted by atomic mass is 16.7. The van der Waals surface area contributed by atoms with Crippen LogP contribution >= 0.6 is 0 Å². The van der Waals surface area contributed by atoms with Crippen LogP contribution in [0, 0.1) is 28.1 Å². The van der Waals surface area contributed by atoms with Crippen LogP contribution in [0.15, 0.2) is 22.8 Å². The van der Waals surface area contributed by atoms with Crippen molar-refractivity contribution in [2.45, 2.75) is 82.6 Å². The number of carbonyl (C=O) groups excluding carboxylic acids is 3. The standard InChI is InChI=1S/C26H30O9/c1-22(2)17-16(28)18(29)24(4)13(25(17)11-32-15(27)10-14(25)34-22)7-8-23(3)19(12-6-5-9-31-12)33-21(30)20-26(23,24)35-20/h5-6,9,13-14,17-20,29H,7-8,10-11H2,1-4H3/t13-,14-,17-,18-,19-,20+,23-,24-,25-,26+/m0/s1. The van der Waals surface area contributed by atoms with Crippen LogP contribution in [-0.4, -0.2) is 58.9 Å². The van der Waals surface area contributed by atoms with Gasteiger partial charge in [0.05, 0.1) is 30.3 Å². The predicted octanol–water partition coefficient (Wildman–Crippen LogP) is 2.11. The summed E-state index contributed by atoms with van der Waals surface area (Å²) in [6.07, 6.45) is -0.673. The maximum absolute atomic E-state index is 14.1. The number of epoxide rings is 1. The first-order valence-electron chi connectivity index (χ1n) is 12.4. The molecule has 0 radical (unpaired) electrons. The number of rotatable bonds is 1. The third kappa shape index (κ3) is 2.14. The normalized spacial score (nSPS) is 53.3. The van der Waals surface area contributed by atoms with Crippen molar-refractivity contribution in [3.8, 4) is 0 Å². The Hall–Kier alpha value is -2.23. The number of Topliss-reactive ketones (excluding diaryl/α,β-unsaturated/α-hetero) is 1. The van der Waals surface area contributed by atoms with Gasteiger partial charge in [-0.3, -0.25) is 9.59 Å². The summed E-state index contributed by atoms with van der Waals surface area (Å²) >= 11 is 0. The van der Waals surface area contributed by atoms with E-state index in [1.165, 1.54) is 6.26 Å². The first kappa shape index (κ1) is 22.0. The molecule has 4 aliphatic heterocycles. The monoisotopic (exact) mass is 486 g/mol. The minimum atomic E-state index is -1.38. The summed E-state index contributed by atoms with van der Waals surface area (Å²) in [5.74, 6) is -1.62. The summed E-state index contributed by atoms with van der Waals surface area (Å²) in [6, 6.07) is 3.52. The van der Waals surface area contributed by atoms with E-state index >= 15 is 0 Å². The summed E-state index contributed by atoms with van der Waals surface area (Å²) in [6.45, 7) is 7.62. The molecule has 4 saturated heterocycles. The van der Waals surface area contributed by atoms with Gasteiger partial charge >= 0.3 is 11.9 Å². The summed E-state index contributed by atoms with van der Waals surface area (Å²) in [4.78, 5) is 39.5. The molecule has 1 N–H and O–H groups in total. The Labute approximate surface area is 202 Å². The molecular formula is C26H30O9. The van der Waals surface area contributed by atoms with Gasteiger partial charge < -0.3 is 28.5 Å². The lowest BCUT2D eigenvalue weighted by atomic mass is 9.36. The third-order valence-electron chi connectivity index (χ3n) is 10.7. The number of aliphatic hydroxyl groups excluding tert-OH is 1. The number of ether oxygens (including phenoxy) is 4. The molecule has 6 aliphatic rings. The van der Waals surface area contributed by atoms with Crippen molar-refractivity contribution >= 4 is 17.7 Å². The van der Waals surface area contributed by atoms with Crippen molar-refractivity contribution in [1.29, 1.82) is 0 Å². The van der Waals surface area contributed by atoms with E-state index in [1.807, 2.05) is 27.7 Å². The van der Waals surface area contributed by atoms with E-state index < -0.39 is 63.8 Å². The summed E-state index contributed by atoms with van der Waals surface area (Å²) < 4.78 is 29.9. The van der Waals surface area contributed by atoms with Crippen molar-refractivity contribution in [1.82, 2.24) is 0 Å². The molecule has 0 aromatic carbocycles. The second-order valence-electron chi connectivity index (χ2n) is 12.3. The molecule has 0 unspecified atom stereocenters. The molecule has 0 amide bonds. The van der Waals surface area contributed by atoms with Crippen LogP contribution in [0.5, 0.6) is 0 Å². The van der Waals surface area contributed by atoms with Gasteiger partial charge in [-0.25, -0.2) is 4.79 Å². The molecule has 5 heterocycles. The zero-order valence-electron chi connectivity index (χ0n) is 20.2. The fourth-order valence-electron chi connectivity index (χ4n) is 9.47. The Morgan fingerprint density at radius 2 is 1.83 bits per heavy atom. The highest BCUT2D eigenvalue weighted by Gasteiger charge is 2.90. The first-order valence-corrected chi connectivity index (χ1v) is 12.4. The van der Waals surface area contributed by atoms with Crippen LogP contribution < -0.4 is 0 Å². The Morgan fingerprint density at radius 1 is 1.06 bits per heavy atom. The Balaban J connectivity index is 1.43. The van der Waals surface area contributed by atoms with E-state index in [0.29, 0.717) is 18.6 Å². The summed E-state index contributed by atoms with van der Waals surface area (Å²) in [7, 11) is 0. The van der Waals surface area contributed by atoms with Crippen LogP contribution in [0.3, 0.4) is 0 Å². The van der Waals surface area contributed by atoms with E-state index in [4.69, 9.17) is 23.4 Å². The van der Waals surface area contributed by atoms with Crippen molar-refractivity contribution in [2.75, 3.05) is 6.61 Å². The van der Waals surface area contributed by atoms with Gasteiger partial charge in [0.25, 0.3) is 0 Å². The highest BCUT2D eigenvalue weighted by molar-refractivity contribution is 5.92. The SMILES string of the molecule is CC1(C)O[C@H]2CC(=O)OC[C@]23[C@H]2CC[C@@]4(C)[C@H](c5ccco5)OC(=O)[C@H]5O[C@]54[C@]2(C)[C@@H](O)C(=O)[C@@H]13. The topological polar surface area (TPSA) is 125 Å². The maximum atomic E-state index is 14.1. The number of esters is 2. The van der Waals surface area contributed by atoms with Crippen LogP contribution in [0.4, 0.5) is 0 Å². The average Bonchev–Trinajstić information content (AvgIpc) is 3.26. The number of aliphatic hydroxyl groups is 1. The van der Waals surface area contributed by atoms with E-state index in [9.17, 15) is 19.5 Å². The fraction of sp³-hybridized carbons (Fsp3) is 0.731. The van der Waals surface area contributed by atoms with Crippen LogP contribution in [-0.2, 0) is 33.3 Å². The van der Waals surface area contributed by atoms with Gasteiger partial charge in [0.15, 0.2) is 18.0 Å². The lowest BCUT2D eigenvalue weighted by Gasteiger charge is -2.66. The molecule has 10 atom stereocenters. The third-order valence-corrected chi connectivity index (χ3v) is 10.7. The molecule has 2 saturated carbocycles. The lowest BCUT2D eigenvalue weighted by Crippen LogP contribution is -2.76. The Kier molecular flexibility index (Phi) is 3.88. The zero-order chi connectivity index (χ0) is 24.8. The molecule has 1 aromatic rings.